The fourth-order valence-corrected chi connectivity index (χ4v) is 4.56. The van der Waals surface area contributed by atoms with Crippen LogP contribution in [0.4, 0.5) is 0 Å². The number of para-hydroxylation sites is 1. The second-order valence-corrected chi connectivity index (χ2v) is 8.11. The van der Waals surface area contributed by atoms with Crippen LogP contribution >= 0.6 is 0 Å². The van der Waals surface area contributed by atoms with Gasteiger partial charge in [0.25, 0.3) is 10.2 Å². The number of hydrogen-bond donors (Lipinski definition) is 1. The average molecular weight is 354 g/mol. The summed E-state index contributed by atoms with van der Waals surface area (Å²) in [5.41, 5.74) is 0.649. The van der Waals surface area contributed by atoms with Crippen LogP contribution in [0.5, 0.6) is 5.75 Å². The van der Waals surface area contributed by atoms with Crippen molar-refractivity contribution in [1.29, 1.82) is 0 Å². The Morgan fingerprint density at radius 3 is 2.79 bits per heavy atom. The van der Waals surface area contributed by atoms with E-state index >= 15 is 0 Å². The topological polar surface area (TPSA) is 87.2 Å². The Morgan fingerprint density at radius 2 is 2.17 bits per heavy atom. The third-order valence-electron chi connectivity index (χ3n) is 4.42. The van der Waals surface area contributed by atoms with E-state index in [1.165, 1.54) is 14.7 Å². The number of hydrogen-bond acceptors (Lipinski definition) is 4. The molecule has 1 N–H and O–H groups in total. The third-order valence-corrected chi connectivity index (χ3v) is 6.45. The van der Waals surface area contributed by atoms with Gasteiger partial charge in [-0.25, -0.2) is 4.79 Å². The molecule has 1 aliphatic heterocycles. The molecule has 0 amide bonds. The molecule has 8 heteroatoms. The maximum atomic E-state index is 12.9. The van der Waals surface area contributed by atoms with Gasteiger partial charge in [-0.2, -0.15) is 17.0 Å². The lowest BCUT2D eigenvalue weighted by Crippen LogP contribution is -2.45. The first-order valence-corrected chi connectivity index (χ1v) is 9.56. The summed E-state index contributed by atoms with van der Waals surface area (Å²) < 4.78 is 34.3. The second kappa shape index (κ2) is 6.70. The van der Waals surface area contributed by atoms with Gasteiger partial charge in [-0.15, -0.1) is 0 Å². The Bertz CT molecular complexity index is 730. The fourth-order valence-electron chi connectivity index (χ4n) is 2.90. The Kier molecular flexibility index (Phi) is 4.80. The van der Waals surface area contributed by atoms with Gasteiger partial charge in [0.05, 0.1) is 0 Å². The summed E-state index contributed by atoms with van der Waals surface area (Å²) in [7, 11) is -3.59. The van der Waals surface area contributed by atoms with Gasteiger partial charge in [-0.3, -0.25) is 0 Å². The highest BCUT2D eigenvalue weighted by Gasteiger charge is 2.35. The van der Waals surface area contributed by atoms with Crippen LogP contribution in [0.15, 0.2) is 18.2 Å². The van der Waals surface area contributed by atoms with Crippen molar-refractivity contribution in [2.75, 3.05) is 26.2 Å². The highest BCUT2D eigenvalue weighted by molar-refractivity contribution is 7.86. The molecular formula is C16H22N2O5S. The lowest BCUT2D eigenvalue weighted by molar-refractivity contribution is 0.0692. The summed E-state index contributed by atoms with van der Waals surface area (Å²) in [6.45, 7) is 3.29. The summed E-state index contributed by atoms with van der Waals surface area (Å²) in [4.78, 5) is 11.3. The fraction of sp³-hybridized carbons (Fsp3) is 0.562. The molecule has 1 saturated carbocycles. The maximum Gasteiger partial charge on any atom is 0.339 e. The standard InChI is InChI=1S/C16H22N2O5S/c1-2-17(10-12-6-7-12)24(21,22)18-8-9-23-15-13(11-18)4-3-5-14(15)16(19)20/h3-5,12H,2,6-11H2,1H3,(H,19,20). The molecular weight excluding hydrogens is 332 g/mol. The van der Waals surface area contributed by atoms with Crippen molar-refractivity contribution in [3.8, 4) is 5.75 Å². The van der Waals surface area contributed by atoms with Crippen molar-refractivity contribution in [1.82, 2.24) is 8.61 Å². The zero-order valence-electron chi connectivity index (χ0n) is 13.6. The average Bonchev–Trinajstić information content (AvgIpc) is 3.37. The van der Waals surface area contributed by atoms with E-state index in [-0.39, 0.29) is 31.0 Å². The SMILES string of the molecule is CCN(CC1CC1)S(=O)(=O)N1CCOc2c(cccc2C(=O)O)C1. The summed E-state index contributed by atoms with van der Waals surface area (Å²) in [6.07, 6.45) is 2.17. The van der Waals surface area contributed by atoms with Crippen molar-refractivity contribution < 1.29 is 23.1 Å². The number of aromatic carboxylic acids is 1. The molecule has 1 heterocycles. The van der Waals surface area contributed by atoms with Crippen LogP contribution in [0.2, 0.25) is 0 Å². The third kappa shape index (κ3) is 3.40. The molecule has 24 heavy (non-hydrogen) atoms. The van der Waals surface area contributed by atoms with Crippen LogP contribution in [0.3, 0.4) is 0 Å². The first-order valence-electron chi connectivity index (χ1n) is 8.16. The zero-order chi connectivity index (χ0) is 17.3. The number of ether oxygens (including phenoxy) is 1. The van der Waals surface area contributed by atoms with E-state index in [1.54, 1.807) is 12.1 Å². The van der Waals surface area contributed by atoms with E-state index < -0.39 is 16.2 Å². The maximum absolute atomic E-state index is 12.9. The van der Waals surface area contributed by atoms with E-state index in [2.05, 4.69) is 0 Å². The second-order valence-electron chi connectivity index (χ2n) is 6.18. The summed E-state index contributed by atoms with van der Waals surface area (Å²) in [5.74, 6) is -0.339. The minimum absolute atomic E-state index is 0.0667. The van der Waals surface area contributed by atoms with Gasteiger partial charge in [0.1, 0.15) is 17.9 Å². The van der Waals surface area contributed by atoms with Crippen molar-refractivity contribution in [3.63, 3.8) is 0 Å². The molecule has 1 aromatic carbocycles. The lowest BCUT2D eigenvalue weighted by Gasteiger charge is -2.28. The molecule has 132 valence electrons. The lowest BCUT2D eigenvalue weighted by atomic mass is 10.1. The van der Waals surface area contributed by atoms with Crippen LogP contribution in [-0.4, -0.2) is 54.3 Å². The number of carboxylic acids is 1. The quantitative estimate of drug-likeness (QED) is 0.838. The largest absolute Gasteiger partial charge is 0.491 e. The van der Waals surface area contributed by atoms with Crippen LogP contribution in [0.1, 0.15) is 35.7 Å². The van der Waals surface area contributed by atoms with E-state index in [0.29, 0.717) is 24.6 Å². The number of carboxylic acid groups (broad SMARTS) is 1. The minimum Gasteiger partial charge on any atom is -0.491 e. The number of fused-ring (bicyclic) bond motifs is 1. The van der Waals surface area contributed by atoms with E-state index in [0.717, 1.165) is 12.8 Å². The van der Waals surface area contributed by atoms with Gasteiger partial charge in [0.15, 0.2) is 0 Å². The van der Waals surface area contributed by atoms with Crippen LogP contribution < -0.4 is 4.74 Å². The first-order chi connectivity index (χ1) is 11.4. The molecule has 1 aliphatic carbocycles. The molecule has 7 nitrogen and oxygen atoms in total. The molecule has 0 atom stereocenters. The molecule has 2 aliphatic rings. The Labute approximate surface area is 142 Å². The molecule has 1 fully saturated rings. The van der Waals surface area contributed by atoms with Crippen molar-refractivity contribution in [3.05, 3.63) is 29.3 Å². The van der Waals surface area contributed by atoms with Crippen LogP contribution in [-0.2, 0) is 16.8 Å². The van der Waals surface area contributed by atoms with E-state index in [4.69, 9.17) is 4.74 Å². The molecule has 0 saturated heterocycles. The van der Waals surface area contributed by atoms with E-state index in [9.17, 15) is 18.3 Å². The monoisotopic (exact) mass is 354 g/mol. The number of carbonyl (C=O) groups is 1. The zero-order valence-corrected chi connectivity index (χ0v) is 14.5. The smallest absolute Gasteiger partial charge is 0.339 e. The normalized spacial score (nSPS) is 18.8. The Hall–Kier alpha value is -1.64. The van der Waals surface area contributed by atoms with Gasteiger partial charge >= 0.3 is 5.97 Å². The van der Waals surface area contributed by atoms with E-state index in [1.807, 2.05) is 6.92 Å². The molecule has 3 rings (SSSR count). The first kappa shape index (κ1) is 17.2. The Balaban J connectivity index is 1.87. The number of rotatable bonds is 6. The van der Waals surface area contributed by atoms with Gasteiger partial charge in [0.2, 0.25) is 0 Å². The highest BCUT2D eigenvalue weighted by atomic mass is 32.2. The van der Waals surface area contributed by atoms with Gasteiger partial charge < -0.3 is 9.84 Å². The number of nitrogens with zero attached hydrogens (tertiary/aromatic N) is 2. The van der Waals surface area contributed by atoms with Crippen molar-refractivity contribution >= 4 is 16.2 Å². The van der Waals surface area contributed by atoms with Crippen molar-refractivity contribution in [2.24, 2.45) is 5.92 Å². The minimum atomic E-state index is -3.59. The molecule has 1 aromatic rings. The van der Waals surface area contributed by atoms with Crippen LogP contribution in [0, 0.1) is 5.92 Å². The number of benzene rings is 1. The Morgan fingerprint density at radius 1 is 1.42 bits per heavy atom. The molecule has 0 radical (unpaired) electrons. The van der Waals surface area contributed by atoms with Gasteiger partial charge in [0, 0.05) is 31.7 Å². The molecule has 0 aromatic heterocycles. The summed E-state index contributed by atoms with van der Waals surface area (Å²) in [5, 5.41) is 9.27. The van der Waals surface area contributed by atoms with Crippen LogP contribution in [0.25, 0.3) is 0 Å². The summed E-state index contributed by atoms with van der Waals surface area (Å²) in [6, 6.07) is 4.80. The predicted molar refractivity (Wildman–Crippen MR) is 88.2 cm³/mol. The summed E-state index contributed by atoms with van der Waals surface area (Å²) >= 11 is 0. The molecule has 0 unspecified atom stereocenters. The van der Waals surface area contributed by atoms with Gasteiger partial charge in [-0.1, -0.05) is 19.1 Å². The molecule has 0 bridgehead atoms. The van der Waals surface area contributed by atoms with Crippen molar-refractivity contribution in [2.45, 2.75) is 26.3 Å². The molecule has 0 spiro atoms. The predicted octanol–water partition coefficient (Wildman–Crippen LogP) is 1.56. The highest BCUT2D eigenvalue weighted by Crippen LogP contribution is 2.32. The van der Waals surface area contributed by atoms with Gasteiger partial charge in [-0.05, 0) is 24.8 Å².